The summed E-state index contributed by atoms with van der Waals surface area (Å²) in [6.45, 7) is 0. The van der Waals surface area contributed by atoms with Crippen LogP contribution in [0.4, 0.5) is 23.2 Å². The number of benzene rings is 3. The van der Waals surface area contributed by atoms with E-state index in [1.165, 1.54) is 29.2 Å². The summed E-state index contributed by atoms with van der Waals surface area (Å²) in [5, 5.41) is 0. The largest absolute Gasteiger partial charge is 0.416 e. The van der Waals surface area contributed by atoms with Gasteiger partial charge in [0, 0.05) is 5.69 Å². The number of hydrogen-bond acceptors (Lipinski definition) is 1. The van der Waals surface area contributed by atoms with Gasteiger partial charge in [0.15, 0.2) is 0 Å². The Bertz CT molecular complexity index is 982. The molecule has 1 amide bonds. The zero-order valence-corrected chi connectivity index (χ0v) is 14.5. The van der Waals surface area contributed by atoms with Gasteiger partial charge in [-0.2, -0.15) is 13.2 Å². The molecule has 0 spiro atoms. The molecule has 3 aromatic rings. The van der Waals surface area contributed by atoms with Gasteiger partial charge in [-0.1, -0.05) is 42.5 Å². The quantitative estimate of drug-likeness (QED) is 0.417. The van der Waals surface area contributed by atoms with Gasteiger partial charge in [0.05, 0.1) is 17.5 Å². The van der Waals surface area contributed by atoms with E-state index >= 15 is 0 Å². The number of rotatable bonds is 3. The maximum Gasteiger partial charge on any atom is 0.416 e. The van der Waals surface area contributed by atoms with Crippen molar-refractivity contribution in [3.8, 4) is 0 Å². The Morgan fingerprint density at radius 2 is 1.36 bits per heavy atom. The van der Waals surface area contributed by atoms with Crippen LogP contribution in [-0.4, -0.2) is 5.91 Å². The minimum Gasteiger partial charge on any atom is -0.303 e. The molecule has 4 rings (SSSR count). The fourth-order valence-corrected chi connectivity index (χ4v) is 3.57. The standard InChI is InChI=1S/C22H15F4NO/c23-17-10-6-15(7-11-17)20-19(14-4-2-1-3-5-14)21(28)27(20)18-12-8-16(9-13-18)22(24,25)26/h1-13,19-20H. The number of hydrogen-bond donors (Lipinski definition) is 0. The first-order valence-electron chi connectivity index (χ1n) is 8.67. The van der Waals surface area contributed by atoms with Gasteiger partial charge in [-0.15, -0.1) is 0 Å². The van der Waals surface area contributed by atoms with Crippen molar-refractivity contribution >= 4 is 11.6 Å². The average Bonchev–Trinajstić information content (AvgIpc) is 2.68. The van der Waals surface area contributed by atoms with Crippen molar-refractivity contribution in [2.24, 2.45) is 0 Å². The van der Waals surface area contributed by atoms with E-state index in [-0.39, 0.29) is 5.91 Å². The summed E-state index contributed by atoms with van der Waals surface area (Å²) in [5.74, 6) is -1.08. The van der Waals surface area contributed by atoms with E-state index in [0.717, 1.165) is 23.3 Å². The highest BCUT2D eigenvalue weighted by Crippen LogP contribution is 2.49. The average molecular weight is 385 g/mol. The lowest BCUT2D eigenvalue weighted by molar-refractivity contribution is -0.137. The maximum absolute atomic E-state index is 13.4. The van der Waals surface area contributed by atoms with Gasteiger partial charge in [0.1, 0.15) is 5.82 Å². The molecular formula is C22H15F4NO. The molecule has 2 unspecified atom stereocenters. The van der Waals surface area contributed by atoms with E-state index in [4.69, 9.17) is 0 Å². The van der Waals surface area contributed by atoms with Crippen LogP contribution in [0, 0.1) is 5.82 Å². The van der Waals surface area contributed by atoms with Gasteiger partial charge in [-0.25, -0.2) is 4.39 Å². The lowest BCUT2D eigenvalue weighted by Crippen LogP contribution is -2.53. The zero-order valence-electron chi connectivity index (χ0n) is 14.5. The molecule has 0 N–H and O–H groups in total. The van der Waals surface area contributed by atoms with Crippen molar-refractivity contribution in [1.29, 1.82) is 0 Å². The number of β-lactam (4-membered cyclic amide) rings is 1. The Morgan fingerprint density at radius 3 is 1.93 bits per heavy atom. The van der Waals surface area contributed by atoms with Crippen LogP contribution in [0.25, 0.3) is 0 Å². The molecule has 1 aliphatic rings. The Labute approximate surface area is 159 Å². The van der Waals surface area contributed by atoms with Gasteiger partial charge in [-0.05, 0) is 47.5 Å². The second-order valence-electron chi connectivity index (χ2n) is 6.64. The molecule has 2 nitrogen and oxygen atoms in total. The molecule has 28 heavy (non-hydrogen) atoms. The maximum atomic E-state index is 13.4. The third kappa shape index (κ3) is 3.15. The molecule has 0 aliphatic carbocycles. The monoisotopic (exact) mass is 385 g/mol. The summed E-state index contributed by atoms with van der Waals surface area (Å²) >= 11 is 0. The van der Waals surface area contributed by atoms with Crippen molar-refractivity contribution < 1.29 is 22.4 Å². The minimum absolute atomic E-state index is 0.208. The van der Waals surface area contributed by atoms with Crippen molar-refractivity contribution in [1.82, 2.24) is 0 Å². The van der Waals surface area contributed by atoms with E-state index in [0.29, 0.717) is 5.69 Å². The molecule has 0 radical (unpaired) electrons. The first-order valence-corrected chi connectivity index (χ1v) is 8.67. The lowest BCUT2D eigenvalue weighted by Gasteiger charge is -2.47. The molecule has 3 aromatic carbocycles. The Kier molecular flexibility index (Phi) is 4.41. The highest BCUT2D eigenvalue weighted by molar-refractivity contribution is 6.06. The van der Waals surface area contributed by atoms with Crippen molar-refractivity contribution in [3.05, 3.63) is 101 Å². The summed E-state index contributed by atoms with van der Waals surface area (Å²) in [6.07, 6.45) is -4.44. The number of amides is 1. The molecule has 0 aromatic heterocycles. The Balaban J connectivity index is 1.73. The number of carbonyl (C=O) groups excluding carboxylic acids is 1. The van der Waals surface area contributed by atoms with Crippen molar-refractivity contribution in [2.75, 3.05) is 4.90 Å². The SMILES string of the molecule is O=C1C(c2ccccc2)C(c2ccc(F)cc2)N1c1ccc(C(F)(F)F)cc1. The summed E-state index contributed by atoms with van der Waals surface area (Å²) in [6, 6.07) is 19.1. The predicted octanol–water partition coefficient (Wildman–Crippen LogP) is 5.72. The van der Waals surface area contributed by atoms with Gasteiger partial charge in [0.2, 0.25) is 5.91 Å². The van der Waals surface area contributed by atoms with Crippen LogP contribution < -0.4 is 4.90 Å². The molecular weight excluding hydrogens is 370 g/mol. The normalized spacial score (nSPS) is 19.4. The van der Waals surface area contributed by atoms with Gasteiger partial charge in [0.25, 0.3) is 0 Å². The van der Waals surface area contributed by atoms with Crippen LogP contribution >= 0.6 is 0 Å². The Morgan fingerprint density at radius 1 is 0.750 bits per heavy atom. The molecule has 1 heterocycles. The van der Waals surface area contributed by atoms with Crippen molar-refractivity contribution in [2.45, 2.75) is 18.1 Å². The van der Waals surface area contributed by atoms with Crippen LogP contribution in [-0.2, 0) is 11.0 Å². The predicted molar refractivity (Wildman–Crippen MR) is 97.3 cm³/mol. The second-order valence-corrected chi connectivity index (χ2v) is 6.64. The molecule has 2 atom stereocenters. The summed E-state index contributed by atoms with van der Waals surface area (Å²) in [4.78, 5) is 14.4. The number of alkyl halides is 3. The molecule has 0 bridgehead atoms. The van der Waals surface area contributed by atoms with Gasteiger partial charge >= 0.3 is 6.18 Å². The van der Waals surface area contributed by atoms with Gasteiger partial charge < -0.3 is 4.90 Å². The molecule has 6 heteroatoms. The molecule has 142 valence electrons. The van der Waals surface area contributed by atoms with Crippen LogP contribution in [0.5, 0.6) is 0 Å². The molecule has 1 fully saturated rings. The first-order chi connectivity index (χ1) is 13.4. The van der Waals surface area contributed by atoms with E-state index in [1.807, 2.05) is 30.3 Å². The highest BCUT2D eigenvalue weighted by atomic mass is 19.4. The summed E-state index contributed by atoms with van der Waals surface area (Å²) in [7, 11) is 0. The smallest absolute Gasteiger partial charge is 0.303 e. The Hall–Kier alpha value is -3.15. The first kappa shape index (κ1) is 18.2. The fourth-order valence-electron chi connectivity index (χ4n) is 3.57. The highest BCUT2D eigenvalue weighted by Gasteiger charge is 2.49. The van der Waals surface area contributed by atoms with E-state index in [1.54, 1.807) is 12.1 Å². The molecule has 1 aliphatic heterocycles. The second kappa shape index (κ2) is 6.78. The summed E-state index contributed by atoms with van der Waals surface area (Å²) < 4.78 is 51.9. The topological polar surface area (TPSA) is 20.3 Å². The summed E-state index contributed by atoms with van der Waals surface area (Å²) in [5.41, 5.74) is 1.13. The minimum atomic E-state index is -4.44. The van der Waals surface area contributed by atoms with Crippen molar-refractivity contribution in [3.63, 3.8) is 0 Å². The number of anilines is 1. The lowest BCUT2D eigenvalue weighted by atomic mass is 9.77. The zero-order chi connectivity index (χ0) is 19.9. The molecule has 1 saturated heterocycles. The number of carbonyl (C=O) groups is 1. The van der Waals surface area contributed by atoms with Crippen LogP contribution in [0.2, 0.25) is 0 Å². The van der Waals surface area contributed by atoms with Crippen LogP contribution in [0.1, 0.15) is 28.7 Å². The van der Waals surface area contributed by atoms with E-state index in [9.17, 15) is 22.4 Å². The van der Waals surface area contributed by atoms with E-state index < -0.39 is 29.5 Å². The third-order valence-electron chi connectivity index (χ3n) is 4.94. The van der Waals surface area contributed by atoms with E-state index in [2.05, 4.69) is 0 Å². The fraction of sp³-hybridized carbons (Fsp3) is 0.136. The van der Waals surface area contributed by atoms with Crippen LogP contribution in [0.15, 0.2) is 78.9 Å². The van der Waals surface area contributed by atoms with Crippen LogP contribution in [0.3, 0.4) is 0 Å². The number of halogens is 4. The molecule has 0 saturated carbocycles. The number of nitrogens with zero attached hydrogens (tertiary/aromatic N) is 1. The third-order valence-corrected chi connectivity index (χ3v) is 4.94. The van der Waals surface area contributed by atoms with Gasteiger partial charge in [-0.3, -0.25) is 4.79 Å².